The van der Waals surface area contributed by atoms with Gasteiger partial charge in [-0.25, -0.2) is 4.98 Å². The van der Waals surface area contributed by atoms with Gasteiger partial charge in [-0.15, -0.1) is 24.0 Å². The summed E-state index contributed by atoms with van der Waals surface area (Å²) >= 11 is 0. The molecule has 1 aliphatic heterocycles. The Bertz CT molecular complexity index is 1120. The van der Waals surface area contributed by atoms with Crippen LogP contribution >= 0.6 is 24.0 Å². The summed E-state index contributed by atoms with van der Waals surface area (Å²) in [6.45, 7) is 5.00. The third kappa shape index (κ3) is 6.69. The maximum atomic E-state index is 12.3. The Morgan fingerprint density at radius 3 is 2.85 bits per heavy atom. The Morgan fingerprint density at radius 2 is 2.06 bits per heavy atom. The van der Waals surface area contributed by atoms with Crippen molar-refractivity contribution < 1.29 is 9.53 Å². The molecule has 1 amide bonds. The van der Waals surface area contributed by atoms with Crippen molar-refractivity contribution in [3.05, 3.63) is 59.9 Å². The summed E-state index contributed by atoms with van der Waals surface area (Å²) in [5.74, 6) is 1.71. The molecule has 182 valence electrons. The predicted octanol–water partition coefficient (Wildman–Crippen LogP) is 3.84. The van der Waals surface area contributed by atoms with Crippen LogP contribution in [0.5, 0.6) is 0 Å². The fraction of sp³-hybridized carbons (Fsp3) is 0.400. The van der Waals surface area contributed by atoms with Crippen molar-refractivity contribution in [1.29, 1.82) is 0 Å². The summed E-state index contributed by atoms with van der Waals surface area (Å²) in [5.41, 5.74) is 4.04. The van der Waals surface area contributed by atoms with Crippen molar-refractivity contribution in [2.24, 2.45) is 4.99 Å². The Hall–Kier alpha value is -2.66. The number of benzene rings is 2. The first-order chi connectivity index (χ1) is 16.1. The highest BCUT2D eigenvalue weighted by atomic mass is 127. The molecule has 0 aliphatic carbocycles. The van der Waals surface area contributed by atoms with Crippen LogP contribution in [0.4, 0.5) is 5.69 Å². The lowest BCUT2D eigenvalue weighted by atomic mass is 10.2. The van der Waals surface area contributed by atoms with Gasteiger partial charge < -0.3 is 25.3 Å². The largest absolute Gasteiger partial charge is 0.368 e. The van der Waals surface area contributed by atoms with Gasteiger partial charge in [-0.05, 0) is 56.0 Å². The van der Waals surface area contributed by atoms with Gasteiger partial charge in [-0.3, -0.25) is 9.79 Å². The first kappa shape index (κ1) is 26.0. The minimum atomic E-state index is -0.334. The Kier molecular flexibility index (Phi) is 9.70. The second-order valence-corrected chi connectivity index (χ2v) is 8.20. The maximum absolute atomic E-state index is 12.3. The van der Waals surface area contributed by atoms with E-state index in [4.69, 9.17) is 4.74 Å². The number of hydrogen-bond donors (Lipinski definition) is 3. The summed E-state index contributed by atoms with van der Waals surface area (Å²) < 4.78 is 7.71. The van der Waals surface area contributed by atoms with E-state index in [0.717, 1.165) is 60.9 Å². The number of fused-ring (bicyclic) bond motifs is 1. The molecule has 8 nitrogen and oxygen atoms in total. The molecule has 1 unspecified atom stereocenters. The zero-order valence-electron chi connectivity index (χ0n) is 19.7. The number of imidazole rings is 1. The second kappa shape index (κ2) is 12.7. The molecule has 1 atom stereocenters. The number of para-hydroxylation sites is 2. The van der Waals surface area contributed by atoms with E-state index < -0.39 is 0 Å². The lowest BCUT2D eigenvalue weighted by Gasteiger charge is -2.14. The third-order valence-electron chi connectivity index (χ3n) is 5.80. The van der Waals surface area contributed by atoms with E-state index in [-0.39, 0.29) is 36.0 Å². The van der Waals surface area contributed by atoms with E-state index >= 15 is 0 Å². The number of ether oxygens (including phenoxy) is 1. The molecule has 1 saturated heterocycles. The summed E-state index contributed by atoms with van der Waals surface area (Å²) in [7, 11) is 1.76. The van der Waals surface area contributed by atoms with Gasteiger partial charge in [-0.2, -0.15) is 0 Å². The number of rotatable bonds is 8. The zero-order chi connectivity index (χ0) is 23.0. The molecule has 0 spiro atoms. The lowest BCUT2D eigenvalue weighted by molar-refractivity contribution is -0.124. The number of hydrogen-bond acceptors (Lipinski definition) is 4. The number of carbonyl (C=O) groups is 1. The number of halogens is 1. The van der Waals surface area contributed by atoms with Gasteiger partial charge in [0.15, 0.2) is 5.96 Å². The summed E-state index contributed by atoms with van der Waals surface area (Å²) in [4.78, 5) is 21.2. The van der Waals surface area contributed by atoms with Crippen LogP contribution in [-0.4, -0.2) is 47.7 Å². The average molecular weight is 576 g/mol. The third-order valence-corrected chi connectivity index (χ3v) is 5.80. The molecule has 3 N–H and O–H groups in total. The van der Waals surface area contributed by atoms with Crippen LogP contribution in [0.2, 0.25) is 0 Å². The molecule has 34 heavy (non-hydrogen) atoms. The molecular formula is C25H33IN6O2. The predicted molar refractivity (Wildman–Crippen MR) is 147 cm³/mol. The normalized spacial score (nSPS) is 15.7. The molecule has 1 aromatic heterocycles. The fourth-order valence-corrected chi connectivity index (χ4v) is 4.09. The minimum Gasteiger partial charge on any atom is -0.368 e. The highest BCUT2D eigenvalue weighted by molar-refractivity contribution is 14.0. The van der Waals surface area contributed by atoms with Crippen molar-refractivity contribution in [2.45, 2.75) is 45.4 Å². The van der Waals surface area contributed by atoms with Crippen LogP contribution in [0.3, 0.4) is 0 Å². The van der Waals surface area contributed by atoms with Crippen LogP contribution in [0.15, 0.2) is 53.5 Å². The minimum absolute atomic E-state index is 0. The van der Waals surface area contributed by atoms with Gasteiger partial charge in [0, 0.05) is 39.0 Å². The fourth-order valence-electron chi connectivity index (χ4n) is 4.09. The molecule has 0 saturated carbocycles. The number of amides is 1. The van der Waals surface area contributed by atoms with E-state index in [2.05, 4.69) is 36.6 Å². The number of aromatic nitrogens is 2. The van der Waals surface area contributed by atoms with Crippen molar-refractivity contribution >= 4 is 52.6 Å². The molecule has 4 rings (SSSR count). The number of aliphatic imine (C=N–C) groups is 1. The first-order valence-electron chi connectivity index (χ1n) is 11.5. The molecule has 0 bridgehead atoms. The molecular weight excluding hydrogens is 543 g/mol. The van der Waals surface area contributed by atoms with Crippen LogP contribution in [0.1, 0.15) is 30.7 Å². The van der Waals surface area contributed by atoms with E-state index in [1.807, 2.05) is 49.4 Å². The van der Waals surface area contributed by atoms with Gasteiger partial charge in [0.05, 0.1) is 11.0 Å². The van der Waals surface area contributed by atoms with Crippen molar-refractivity contribution in [2.75, 3.05) is 25.5 Å². The van der Waals surface area contributed by atoms with E-state index in [0.29, 0.717) is 13.2 Å². The molecule has 9 heteroatoms. The van der Waals surface area contributed by atoms with Crippen LogP contribution in [0, 0.1) is 6.92 Å². The Morgan fingerprint density at radius 1 is 1.21 bits per heavy atom. The average Bonchev–Trinajstić information content (AvgIpc) is 3.47. The SMILES string of the molecule is CN=C(NCCCn1c(C)nc2ccccc21)NCc1cccc(NC(=O)C2CCCO2)c1.I. The number of anilines is 1. The summed E-state index contributed by atoms with van der Waals surface area (Å²) in [6.07, 6.45) is 2.34. The van der Waals surface area contributed by atoms with E-state index in [1.54, 1.807) is 7.05 Å². The number of guanidine groups is 1. The second-order valence-electron chi connectivity index (χ2n) is 8.20. The van der Waals surface area contributed by atoms with E-state index in [9.17, 15) is 4.79 Å². The Labute approximate surface area is 217 Å². The van der Waals surface area contributed by atoms with Crippen LogP contribution in [-0.2, 0) is 22.6 Å². The van der Waals surface area contributed by atoms with Gasteiger partial charge in [0.25, 0.3) is 5.91 Å². The molecule has 2 heterocycles. The number of nitrogens with zero attached hydrogens (tertiary/aromatic N) is 3. The smallest absolute Gasteiger partial charge is 0.253 e. The standard InChI is InChI=1S/C25H32N6O2.HI/c1-18-29-21-10-3-4-11-22(21)31(18)14-7-13-27-25(26-2)28-17-19-8-5-9-20(16-19)30-24(32)23-12-6-15-33-23;/h3-5,8-11,16,23H,6-7,12-15,17H2,1-2H3,(H,30,32)(H2,26,27,28);1H. The number of nitrogens with one attached hydrogen (secondary N) is 3. The Balaban J connectivity index is 0.00000324. The quantitative estimate of drug-likeness (QED) is 0.164. The maximum Gasteiger partial charge on any atom is 0.253 e. The topological polar surface area (TPSA) is 92.6 Å². The molecule has 2 aromatic carbocycles. The lowest BCUT2D eigenvalue weighted by Crippen LogP contribution is -2.37. The summed E-state index contributed by atoms with van der Waals surface area (Å²) in [5, 5.41) is 9.66. The van der Waals surface area contributed by atoms with Gasteiger partial charge in [0.2, 0.25) is 0 Å². The van der Waals surface area contributed by atoms with E-state index in [1.165, 1.54) is 5.52 Å². The van der Waals surface area contributed by atoms with Crippen LogP contribution in [0.25, 0.3) is 11.0 Å². The van der Waals surface area contributed by atoms with Crippen molar-refractivity contribution in [3.8, 4) is 0 Å². The van der Waals surface area contributed by atoms with Gasteiger partial charge >= 0.3 is 0 Å². The van der Waals surface area contributed by atoms with Crippen molar-refractivity contribution in [1.82, 2.24) is 20.2 Å². The highest BCUT2D eigenvalue weighted by Crippen LogP contribution is 2.17. The molecule has 0 radical (unpaired) electrons. The zero-order valence-corrected chi connectivity index (χ0v) is 22.0. The van der Waals surface area contributed by atoms with Crippen molar-refractivity contribution in [3.63, 3.8) is 0 Å². The highest BCUT2D eigenvalue weighted by Gasteiger charge is 2.23. The van der Waals surface area contributed by atoms with Gasteiger partial charge in [-0.1, -0.05) is 24.3 Å². The molecule has 3 aromatic rings. The number of aryl methyl sites for hydroxylation is 2. The first-order valence-corrected chi connectivity index (χ1v) is 11.5. The van der Waals surface area contributed by atoms with Gasteiger partial charge in [0.1, 0.15) is 11.9 Å². The number of carbonyl (C=O) groups excluding carboxylic acids is 1. The molecule has 1 aliphatic rings. The van der Waals surface area contributed by atoms with Crippen LogP contribution < -0.4 is 16.0 Å². The molecule has 1 fully saturated rings. The summed E-state index contributed by atoms with van der Waals surface area (Å²) in [6, 6.07) is 16.1. The monoisotopic (exact) mass is 576 g/mol.